The molecule has 0 saturated carbocycles. The molecule has 34 heavy (non-hydrogen) atoms. The molecule has 0 spiro atoms. The van der Waals surface area contributed by atoms with E-state index in [0.29, 0.717) is 49.8 Å². The molecule has 2 aromatic carbocycles. The van der Waals surface area contributed by atoms with Crippen molar-refractivity contribution in [2.75, 3.05) is 46.0 Å². The number of carbonyl (C=O) groups excluding carboxylic acids is 2. The predicted octanol–water partition coefficient (Wildman–Crippen LogP) is 2.93. The minimum absolute atomic E-state index is 0.0416. The topological polar surface area (TPSA) is 99.5 Å². The van der Waals surface area contributed by atoms with E-state index in [1.165, 1.54) is 17.0 Å². The molecule has 0 bridgehead atoms. The molecule has 2 heterocycles. The smallest absolute Gasteiger partial charge is 0.295 e. The second-order valence-electron chi connectivity index (χ2n) is 8.41. The fourth-order valence-corrected chi connectivity index (χ4v) is 4.27. The van der Waals surface area contributed by atoms with E-state index in [1.54, 1.807) is 36.4 Å². The number of rotatable bonds is 8. The fourth-order valence-electron chi connectivity index (χ4n) is 4.27. The highest BCUT2D eigenvalue weighted by Gasteiger charge is 2.46. The Morgan fingerprint density at radius 1 is 1.03 bits per heavy atom. The number of benzene rings is 2. The zero-order valence-corrected chi connectivity index (χ0v) is 19.3. The van der Waals surface area contributed by atoms with Gasteiger partial charge in [0, 0.05) is 31.7 Å². The van der Waals surface area contributed by atoms with Crippen molar-refractivity contribution < 1.29 is 29.3 Å². The Labute approximate surface area is 199 Å². The number of Topliss-reactive ketones (excluding diaryl/α,β-unsaturated/α-hetero) is 1. The quantitative estimate of drug-likeness (QED) is 0.351. The van der Waals surface area contributed by atoms with Crippen molar-refractivity contribution in [3.05, 3.63) is 65.2 Å². The average Bonchev–Trinajstić information content (AvgIpc) is 3.12. The summed E-state index contributed by atoms with van der Waals surface area (Å²) in [6.07, 6.45) is 0.877. The van der Waals surface area contributed by atoms with Gasteiger partial charge in [-0.1, -0.05) is 19.1 Å². The van der Waals surface area contributed by atoms with E-state index < -0.39 is 17.7 Å². The molecular weight excluding hydrogens is 436 g/mol. The minimum Gasteiger partial charge on any atom is -0.508 e. The number of likely N-dealkylation sites (tertiary alicyclic amines) is 1. The molecule has 2 aromatic rings. The van der Waals surface area contributed by atoms with Crippen LogP contribution >= 0.6 is 0 Å². The lowest BCUT2D eigenvalue weighted by molar-refractivity contribution is -0.140. The maximum absolute atomic E-state index is 13.1. The standard InChI is InChI=1S/C26H30N2O6/c1-2-15-34-21-9-5-19(6-10-21)24(30)22-23(18-3-7-20(29)8-4-18)28(26(32)25(22)31)12-11-27-13-16-33-17-14-27/h3-10,23,29-30H,2,11-17H2,1H3/b24-22+/t23-/m0/s1. The summed E-state index contributed by atoms with van der Waals surface area (Å²) in [5.74, 6) is -0.844. The average molecular weight is 467 g/mol. The van der Waals surface area contributed by atoms with Crippen LogP contribution in [-0.4, -0.2) is 77.7 Å². The number of hydrogen-bond acceptors (Lipinski definition) is 7. The molecule has 4 rings (SSSR count). The summed E-state index contributed by atoms with van der Waals surface area (Å²) in [6, 6.07) is 12.4. The lowest BCUT2D eigenvalue weighted by Gasteiger charge is -2.31. The lowest BCUT2D eigenvalue weighted by atomic mass is 9.95. The van der Waals surface area contributed by atoms with Crippen molar-refractivity contribution in [1.82, 2.24) is 9.80 Å². The van der Waals surface area contributed by atoms with Gasteiger partial charge in [-0.25, -0.2) is 0 Å². The number of morpholine rings is 1. The maximum Gasteiger partial charge on any atom is 0.295 e. The van der Waals surface area contributed by atoms with Gasteiger partial charge in [-0.15, -0.1) is 0 Å². The molecule has 2 N–H and O–H groups in total. The Hall–Kier alpha value is -3.36. The van der Waals surface area contributed by atoms with Crippen molar-refractivity contribution in [2.45, 2.75) is 19.4 Å². The van der Waals surface area contributed by atoms with Gasteiger partial charge in [0.2, 0.25) is 0 Å². The Kier molecular flexibility index (Phi) is 7.49. The van der Waals surface area contributed by atoms with E-state index in [2.05, 4.69) is 4.90 Å². The number of ether oxygens (including phenoxy) is 2. The molecule has 8 nitrogen and oxygen atoms in total. The molecule has 0 unspecified atom stereocenters. The van der Waals surface area contributed by atoms with Gasteiger partial charge < -0.3 is 24.6 Å². The van der Waals surface area contributed by atoms with E-state index in [0.717, 1.165) is 19.5 Å². The van der Waals surface area contributed by atoms with Crippen molar-refractivity contribution >= 4 is 17.4 Å². The lowest BCUT2D eigenvalue weighted by Crippen LogP contribution is -2.42. The molecular formula is C26H30N2O6. The number of nitrogens with zero attached hydrogens (tertiary/aromatic N) is 2. The van der Waals surface area contributed by atoms with Crippen molar-refractivity contribution in [3.63, 3.8) is 0 Å². The summed E-state index contributed by atoms with van der Waals surface area (Å²) in [7, 11) is 0. The Morgan fingerprint density at radius 2 is 1.71 bits per heavy atom. The van der Waals surface area contributed by atoms with E-state index in [9.17, 15) is 19.8 Å². The second-order valence-corrected chi connectivity index (χ2v) is 8.41. The molecule has 2 aliphatic heterocycles. The summed E-state index contributed by atoms with van der Waals surface area (Å²) >= 11 is 0. The predicted molar refractivity (Wildman–Crippen MR) is 127 cm³/mol. The summed E-state index contributed by atoms with van der Waals surface area (Å²) in [5.41, 5.74) is 1.11. The third-order valence-electron chi connectivity index (χ3n) is 6.11. The fraction of sp³-hybridized carbons (Fsp3) is 0.385. The summed E-state index contributed by atoms with van der Waals surface area (Å²) in [6.45, 7) is 6.32. The van der Waals surface area contributed by atoms with Gasteiger partial charge in [-0.05, 0) is 48.4 Å². The van der Waals surface area contributed by atoms with Crippen LogP contribution in [0.3, 0.4) is 0 Å². The molecule has 180 valence electrons. The van der Waals surface area contributed by atoms with Crippen LogP contribution in [-0.2, 0) is 14.3 Å². The van der Waals surface area contributed by atoms with Crippen LogP contribution in [0.25, 0.3) is 5.76 Å². The van der Waals surface area contributed by atoms with Gasteiger partial charge in [-0.2, -0.15) is 0 Å². The molecule has 0 aromatic heterocycles. The number of hydrogen-bond donors (Lipinski definition) is 2. The van der Waals surface area contributed by atoms with Crippen molar-refractivity contribution in [1.29, 1.82) is 0 Å². The van der Waals surface area contributed by atoms with Crippen LogP contribution in [0.15, 0.2) is 54.1 Å². The number of aliphatic hydroxyl groups is 1. The van der Waals surface area contributed by atoms with Crippen LogP contribution in [0.4, 0.5) is 0 Å². The highest BCUT2D eigenvalue weighted by atomic mass is 16.5. The number of aromatic hydroxyl groups is 1. The first-order valence-electron chi connectivity index (χ1n) is 11.6. The number of amides is 1. The van der Waals surface area contributed by atoms with Crippen LogP contribution in [0.2, 0.25) is 0 Å². The molecule has 2 aliphatic rings. The molecule has 1 amide bonds. The molecule has 2 fully saturated rings. The van der Waals surface area contributed by atoms with Crippen molar-refractivity contribution in [2.24, 2.45) is 0 Å². The first-order chi connectivity index (χ1) is 16.5. The number of ketones is 1. The van der Waals surface area contributed by atoms with Gasteiger partial charge in [-0.3, -0.25) is 14.5 Å². The maximum atomic E-state index is 13.1. The largest absolute Gasteiger partial charge is 0.508 e. The first-order valence-corrected chi connectivity index (χ1v) is 11.6. The molecule has 1 atom stereocenters. The van der Waals surface area contributed by atoms with Crippen LogP contribution in [0.5, 0.6) is 11.5 Å². The zero-order chi connectivity index (χ0) is 24.1. The molecule has 2 saturated heterocycles. The molecule has 0 radical (unpaired) electrons. The van der Waals surface area contributed by atoms with Gasteiger partial charge in [0.25, 0.3) is 11.7 Å². The first kappa shape index (κ1) is 23.8. The number of phenols is 1. The minimum atomic E-state index is -0.752. The normalized spacial score (nSPS) is 20.6. The highest BCUT2D eigenvalue weighted by Crippen LogP contribution is 2.39. The third-order valence-corrected chi connectivity index (χ3v) is 6.11. The van der Waals surface area contributed by atoms with E-state index >= 15 is 0 Å². The summed E-state index contributed by atoms with van der Waals surface area (Å²) in [4.78, 5) is 29.9. The van der Waals surface area contributed by atoms with E-state index in [-0.39, 0.29) is 17.1 Å². The molecule has 0 aliphatic carbocycles. The monoisotopic (exact) mass is 466 g/mol. The van der Waals surface area contributed by atoms with Gasteiger partial charge in [0.05, 0.1) is 31.4 Å². The van der Waals surface area contributed by atoms with Gasteiger partial charge in [0.15, 0.2) is 0 Å². The van der Waals surface area contributed by atoms with Gasteiger partial charge in [0.1, 0.15) is 17.3 Å². The SMILES string of the molecule is CCCOc1ccc(/C(O)=C2\C(=O)C(=O)N(CCN3CCOCC3)[C@H]2c2ccc(O)cc2)cc1. The Balaban J connectivity index is 1.67. The summed E-state index contributed by atoms with van der Waals surface area (Å²) in [5, 5.41) is 20.9. The number of aliphatic hydroxyl groups excluding tert-OH is 1. The number of phenolic OH excluding ortho intramolecular Hbond substituents is 1. The second kappa shape index (κ2) is 10.7. The number of carbonyl (C=O) groups is 2. The Morgan fingerprint density at radius 3 is 2.35 bits per heavy atom. The van der Waals surface area contributed by atoms with Gasteiger partial charge >= 0.3 is 0 Å². The highest BCUT2D eigenvalue weighted by molar-refractivity contribution is 6.46. The summed E-state index contributed by atoms with van der Waals surface area (Å²) < 4.78 is 11.0. The Bertz CT molecular complexity index is 1040. The van der Waals surface area contributed by atoms with Crippen LogP contribution < -0.4 is 4.74 Å². The van der Waals surface area contributed by atoms with Crippen molar-refractivity contribution in [3.8, 4) is 11.5 Å². The third kappa shape index (κ3) is 5.08. The van der Waals surface area contributed by atoms with Crippen LogP contribution in [0, 0.1) is 0 Å². The molecule has 8 heteroatoms. The van der Waals surface area contributed by atoms with E-state index in [1.807, 2.05) is 6.92 Å². The van der Waals surface area contributed by atoms with Crippen LogP contribution in [0.1, 0.15) is 30.5 Å². The van der Waals surface area contributed by atoms with E-state index in [4.69, 9.17) is 9.47 Å². The zero-order valence-electron chi connectivity index (χ0n) is 19.3.